The predicted octanol–water partition coefficient (Wildman–Crippen LogP) is 4.54. The molecule has 0 aromatic heterocycles. The van der Waals surface area contributed by atoms with Gasteiger partial charge in [-0.15, -0.1) is 0 Å². The zero-order valence-corrected chi connectivity index (χ0v) is 13.4. The van der Waals surface area contributed by atoms with Gasteiger partial charge in [-0.25, -0.2) is 4.39 Å². The highest BCUT2D eigenvalue weighted by Gasteiger charge is 2.10. The van der Waals surface area contributed by atoms with E-state index in [-0.39, 0.29) is 11.9 Å². The summed E-state index contributed by atoms with van der Waals surface area (Å²) < 4.78 is 20.3. The molecular weight excluding hydrogens is 370 g/mol. The first-order chi connectivity index (χ1) is 9.45. The van der Waals surface area contributed by atoms with Crippen molar-refractivity contribution in [1.29, 1.82) is 0 Å². The molecule has 0 atom stereocenters. The smallest absolute Gasteiger partial charge is 0.167 e. The Balaban J connectivity index is 2.28. The van der Waals surface area contributed by atoms with Crippen LogP contribution in [0.15, 0.2) is 36.4 Å². The molecule has 0 saturated heterocycles. The zero-order valence-electron chi connectivity index (χ0n) is 11.3. The van der Waals surface area contributed by atoms with Crippen LogP contribution in [-0.4, -0.2) is 6.10 Å². The Kier molecular flexibility index (Phi) is 4.69. The van der Waals surface area contributed by atoms with Crippen LogP contribution in [0.5, 0.6) is 5.75 Å². The van der Waals surface area contributed by atoms with Crippen molar-refractivity contribution in [2.45, 2.75) is 20.0 Å². The van der Waals surface area contributed by atoms with Gasteiger partial charge in [-0.3, -0.25) is 0 Å². The van der Waals surface area contributed by atoms with Crippen molar-refractivity contribution in [2.24, 2.45) is 0 Å². The number of rotatable bonds is 4. The molecule has 0 spiro atoms. The number of hydrogen-bond acceptors (Lipinski definition) is 3. The van der Waals surface area contributed by atoms with Gasteiger partial charge in [0.15, 0.2) is 11.6 Å². The molecule has 106 valence electrons. The third-order valence-electron chi connectivity index (χ3n) is 2.59. The van der Waals surface area contributed by atoms with E-state index < -0.39 is 5.82 Å². The second-order valence-corrected chi connectivity index (χ2v) is 5.91. The Morgan fingerprint density at radius 1 is 1.20 bits per heavy atom. The quantitative estimate of drug-likeness (QED) is 0.599. The molecule has 20 heavy (non-hydrogen) atoms. The van der Waals surface area contributed by atoms with Crippen LogP contribution in [0.1, 0.15) is 13.8 Å². The summed E-state index contributed by atoms with van der Waals surface area (Å²) in [6.07, 6.45) is -0.0979. The summed E-state index contributed by atoms with van der Waals surface area (Å²) in [5, 5.41) is 3.17. The van der Waals surface area contributed by atoms with E-state index in [2.05, 4.69) is 27.9 Å². The minimum Gasteiger partial charge on any atom is -0.488 e. The summed E-state index contributed by atoms with van der Waals surface area (Å²) in [6, 6.07) is 10.7. The molecule has 3 N–H and O–H groups in total. The second-order valence-electron chi connectivity index (χ2n) is 4.67. The van der Waals surface area contributed by atoms with Gasteiger partial charge in [0.2, 0.25) is 0 Å². The summed E-state index contributed by atoms with van der Waals surface area (Å²) in [5.74, 6) is -0.258. The van der Waals surface area contributed by atoms with Crippen LogP contribution >= 0.6 is 22.6 Å². The molecule has 0 aliphatic carbocycles. The van der Waals surface area contributed by atoms with Gasteiger partial charge in [-0.1, -0.05) is 0 Å². The maximum Gasteiger partial charge on any atom is 0.167 e. The lowest BCUT2D eigenvalue weighted by atomic mass is 10.2. The third-order valence-corrected chi connectivity index (χ3v) is 3.31. The molecular formula is C15H16FIN2O. The summed E-state index contributed by atoms with van der Waals surface area (Å²) in [5.41, 5.74) is 7.70. The SMILES string of the molecule is CC(C)Oc1cc(Nc2ccc(I)cc2)c(N)cc1F. The van der Waals surface area contributed by atoms with Crippen LogP contribution in [0.3, 0.4) is 0 Å². The lowest BCUT2D eigenvalue weighted by Crippen LogP contribution is -2.08. The number of ether oxygens (including phenoxy) is 1. The van der Waals surface area contributed by atoms with E-state index in [1.165, 1.54) is 6.07 Å². The van der Waals surface area contributed by atoms with Gasteiger partial charge in [0.1, 0.15) is 0 Å². The number of anilines is 3. The van der Waals surface area contributed by atoms with E-state index in [0.29, 0.717) is 11.4 Å². The lowest BCUT2D eigenvalue weighted by molar-refractivity contribution is 0.231. The Morgan fingerprint density at radius 2 is 1.85 bits per heavy atom. The van der Waals surface area contributed by atoms with E-state index in [4.69, 9.17) is 10.5 Å². The minimum atomic E-state index is -0.454. The molecule has 3 nitrogen and oxygen atoms in total. The van der Waals surface area contributed by atoms with Crippen LogP contribution in [0.4, 0.5) is 21.5 Å². The first-order valence-electron chi connectivity index (χ1n) is 6.24. The van der Waals surface area contributed by atoms with Crippen molar-refractivity contribution >= 4 is 39.7 Å². The van der Waals surface area contributed by atoms with Crippen molar-refractivity contribution in [3.05, 3.63) is 45.8 Å². The molecule has 0 bridgehead atoms. The molecule has 2 rings (SSSR count). The summed E-state index contributed by atoms with van der Waals surface area (Å²) in [6.45, 7) is 3.70. The fourth-order valence-corrected chi connectivity index (χ4v) is 2.07. The van der Waals surface area contributed by atoms with Gasteiger partial charge in [0, 0.05) is 21.4 Å². The maximum absolute atomic E-state index is 13.7. The number of nitrogen functional groups attached to an aromatic ring is 1. The van der Waals surface area contributed by atoms with Crippen molar-refractivity contribution in [3.63, 3.8) is 0 Å². The van der Waals surface area contributed by atoms with Gasteiger partial charge in [0.25, 0.3) is 0 Å². The van der Waals surface area contributed by atoms with Crippen LogP contribution < -0.4 is 15.8 Å². The van der Waals surface area contributed by atoms with Crippen LogP contribution in [0.2, 0.25) is 0 Å². The van der Waals surface area contributed by atoms with Crippen molar-refractivity contribution in [1.82, 2.24) is 0 Å². The number of nitrogens with one attached hydrogen (secondary N) is 1. The second kappa shape index (κ2) is 6.30. The average molecular weight is 386 g/mol. The van der Waals surface area contributed by atoms with E-state index in [0.717, 1.165) is 9.26 Å². The molecule has 0 unspecified atom stereocenters. The van der Waals surface area contributed by atoms with Crippen molar-refractivity contribution in [2.75, 3.05) is 11.1 Å². The third kappa shape index (κ3) is 3.75. The number of benzene rings is 2. The van der Waals surface area contributed by atoms with E-state index in [9.17, 15) is 4.39 Å². The highest BCUT2D eigenvalue weighted by molar-refractivity contribution is 14.1. The Labute approximate surface area is 131 Å². The highest BCUT2D eigenvalue weighted by Crippen LogP contribution is 2.31. The molecule has 0 saturated carbocycles. The minimum absolute atomic E-state index is 0.0979. The van der Waals surface area contributed by atoms with E-state index >= 15 is 0 Å². The molecule has 5 heteroatoms. The van der Waals surface area contributed by atoms with Crippen molar-refractivity contribution in [3.8, 4) is 5.75 Å². The maximum atomic E-state index is 13.7. The number of hydrogen-bond donors (Lipinski definition) is 2. The van der Waals surface area contributed by atoms with Gasteiger partial charge < -0.3 is 15.8 Å². The standard InChI is InChI=1S/C15H16FIN2O/c1-9(2)20-15-8-14(13(18)7-12(15)16)19-11-5-3-10(17)4-6-11/h3-9,19H,18H2,1-2H3. The Hall–Kier alpha value is -1.50. The molecule has 0 heterocycles. The normalized spacial score (nSPS) is 10.7. The van der Waals surface area contributed by atoms with Crippen LogP contribution in [-0.2, 0) is 0 Å². The van der Waals surface area contributed by atoms with Crippen LogP contribution in [0, 0.1) is 9.39 Å². The average Bonchev–Trinajstić information content (AvgIpc) is 2.37. The predicted molar refractivity (Wildman–Crippen MR) is 89.0 cm³/mol. The molecule has 0 aliphatic heterocycles. The summed E-state index contributed by atoms with van der Waals surface area (Å²) in [4.78, 5) is 0. The van der Waals surface area contributed by atoms with Gasteiger partial charge in [-0.2, -0.15) is 0 Å². The Bertz CT molecular complexity index is 600. The fourth-order valence-electron chi connectivity index (χ4n) is 1.71. The monoisotopic (exact) mass is 386 g/mol. The van der Waals surface area contributed by atoms with Gasteiger partial charge in [-0.05, 0) is 60.7 Å². The first kappa shape index (κ1) is 14.9. The molecule has 0 amide bonds. The van der Waals surface area contributed by atoms with Crippen LogP contribution in [0.25, 0.3) is 0 Å². The topological polar surface area (TPSA) is 47.3 Å². The summed E-state index contributed by atoms with van der Waals surface area (Å²) in [7, 11) is 0. The Morgan fingerprint density at radius 3 is 2.45 bits per heavy atom. The molecule has 0 fully saturated rings. The van der Waals surface area contributed by atoms with Crippen molar-refractivity contribution < 1.29 is 9.13 Å². The van der Waals surface area contributed by atoms with Gasteiger partial charge in [0.05, 0.1) is 17.5 Å². The summed E-state index contributed by atoms with van der Waals surface area (Å²) >= 11 is 2.23. The molecule has 0 radical (unpaired) electrons. The van der Waals surface area contributed by atoms with Gasteiger partial charge >= 0.3 is 0 Å². The first-order valence-corrected chi connectivity index (χ1v) is 7.32. The fraction of sp³-hybridized carbons (Fsp3) is 0.200. The van der Waals surface area contributed by atoms with E-state index in [1.54, 1.807) is 6.07 Å². The lowest BCUT2D eigenvalue weighted by Gasteiger charge is -2.15. The molecule has 2 aromatic carbocycles. The number of halogens is 2. The highest BCUT2D eigenvalue weighted by atomic mass is 127. The molecule has 2 aromatic rings. The van der Waals surface area contributed by atoms with E-state index in [1.807, 2.05) is 38.1 Å². The zero-order chi connectivity index (χ0) is 14.7. The largest absolute Gasteiger partial charge is 0.488 e. The number of nitrogens with two attached hydrogens (primary N) is 1. The molecule has 0 aliphatic rings.